The van der Waals surface area contributed by atoms with Crippen LogP contribution < -0.4 is 10.6 Å². The van der Waals surface area contributed by atoms with Gasteiger partial charge in [0.25, 0.3) is 0 Å². The first-order valence-electron chi connectivity index (χ1n) is 5.54. The van der Waals surface area contributed by atoms with Gasteiger partial charge in [0.1, 0.15) is 11.8 Å². The number of alkyl carbamates (subject to hydrolysis) is 1. The summed E-state index contributed by atoms with van der Waals surface area (Å²) in [4.78, 5) is 11.5. The summed E-state index contributed by atoms with van der Waals surface area (Å²) in [5.41, 5.74) is -0.685. The van der Waals surface area contributed by atoms with Crippen molar-refractivity contribution in [2.45, 2.75) is 64.4 Å². The topological polar surface area (TPSA) is 70.6 Å². The first kappa shape index (κ1) is 13.3. The lowest BCUT2D eigenvalue weighted by molar-refractivity contribution is 0.0434. The van der Waals surface area contributed by atoms with Crippen molar-refractivity contribution in [1.82, 2.24) is 10.6 Å². The maximum absolute atomic E-state index is 11.5. The molecule has 1 heterocycles. The van der Waals surface area contributed by atoms with E-state index in [1.165, 1.54) is 0 Å². The van der Waals surface area contributed by atoms with Gasteiger partial charge in [0.15, 0.2) is 0 Å². The van der Waals surface area contributed by atoms with Gasteiger partial charge in [-0.2, -0.15) is 0 Å². The van der Waals surface area contributed by atoms with Gasteiger partial charge in [-0.25, -0.2) is 4.79 Å². The SMILES string of the molecule is CC1(C)CC(NC(=O)OC(C)(C)C)C(O)N1. The Labute approximate surface area is 96.6 Å². The summed E-state index contributed by atoms with van der Waals surface area (Å²) in [6, 6.07) is -0.301. The Morgan fingerprint density at radius 1 is 1.50 bits per heavy atom. The van der Waals surface area contributed by atoms with Crippen LogP contribution in [0.4, 0.5) is 4.79 Å². The van der Waals surface area contributed by atoms with Crippen LogP contribution in [0.2, 0.25) is 0 Å². The van der Waals surface area contributed by atoms with Gasteiger partial charge in [-0.15, -0.1) is 0 Å². The highest BCUT2D eigenvalue weighted by atomic mass is 16.6. The Balaban J connectivity index is 2.47. The fourth-order valence-corrected chi connectivity index (χ4v) is 1.81. The second-order valence-corrected chi connectivity index (χ2v) is 5.93. The lowest BCUT2D eigenvalue weighted by Crippen LogP contribution is -2.45. The summed E-state index contributed by atoms with van der Waals surface area (Å²) >= 11 is 0. The van der Waals surface area contributed by atoms with Crippen LogP contribution in [0.15, 0.2) is 0 Å². The van der Waals surface area contributed by atoms with Crippen LogP contribution in [0.1, 0.15) is 41.0 Å². The fourth-order valence-electron chi connectivity index (χ4n) is 1.81. The predicted molar refractivity (Wildman–Crippen MR) is 61.0 cm³/mol. The Morgan fingerprint density at radius 2 is 2.06 bits per heavy atom. The summed E-state index contributed by atoms with van der Waals surface area (Å²) in [6.07, 6.45) is -0.536. The number of carbonyl (C=O) groups is 1. The molecule has 1 saturated heterocycles. The van der Waals surface area contributed by atoms with E-state index < -0.39 is 17.9 Å². The Hall–Kier alpha value is -0.810. The van der Waals surface area contributed by atoms with E-state index in [1.54, 1.807) is 20.8 Å². The molecule has 1 rings (SSSR count). The molecule has 1 aliphatic heterocycles. The highest BCUT2D eigenvalue weighted by Crippen LogP contribution is 2.22. The van der Waals surface area contributed by atoms with Crippen LogP contribution in [0.3, 0.4) is 0 Å². The number of hydrogen-bond acceptors (Lipinski definition) is 4. The largest absolute Gasteiger partial charge is 0.444 e. The lowest BCUT2D eigenvalue weighted by atomic mass is 10.0. The first-order valence-corrected chi connectivity index (χ1v) is 5.54. The molecule has 5 heteroatoms. The summed E-state index contributed by atoms with van der Waals surface area (Å²) in [5, 5.41) is 15.4. The van der Waals surface area contributed by atoms with Crippen molar-refractivity contribution >= 4 is 6.09 Å². The first-order chi connectivity index (χ1) is 7.09. The van der Waals surface area contributed by atoms with Crippen LogP contribution in [0.5, 0.6) is 0 Å². The van der Waals surface area contributed by atoms with Crippen molar-refractivity contribution in [1.29, 1.82) is 0 Å². The third-order valence-corrected chi connectivity index (χ3v) is 2.35. The molecule has 94 valence electrons. The van der Waals surface area contributed by atoms with Gasteiger partial charge in [0.05, 0.1) is 6.04 Å². The Bertz CT molecular complexity index is 271. The molecule has 2 atom stereocenters. The van der Waals surface area contributed by atoms with Gasteiger partial charge >= 0.3 is 6.09 Å². The number of aliphatic hydroxyl groups excluding tert-OH is 1. The third-order valence-electron chi connectivity index (χ3n) is 2.35. The van der Waals surface area contributed by atoms with Gasteiger partial charge in [-0.3, -0.25) is 5.32 Å². The van der Waals surface area contributed by atoms with Gasteiger partial charge in [-0.05, 0) is 41.0 Å². The number of amides is 1. The van der Waals surface area contributed by atoms with Crippen LogP contribution in [0.25, 0.3) is 0 Å². The molecule has 0 aromatic rings. The van der Waals surface area contributed by atoms with Crippen molar-refractivity contribution in [3.63, 3.8) is 0 Å². The maximum Gasteiger partial charge on any atom is 0.408 e. The van der Waals surface area contributed by atoms with Gasteiger partial charge in [-0.1, -0.05) is 0 Å². The molecule has 0 aromatic heterocycles. The maximum atomic E-state index is 11.5. The predicted octanol–water partition coefficient (Wildman–Crippen LogP) is 0.970. The summed E-state index contributed by atoms with van der Waals surface area (Å²) < 4.78 is 5.13. The van der Waals surface area contributed by atoms with Crippen LogP contribution in [0, 0.1) is 0 Å². The second kappa shape index (κ2) is 4.22. The summed E-state index contributed by atoms with van der Waals surface area (Å²) in [7, 11) is 0. The van der Waals surface area contributed by atoms with E-state index in [9.17, 15) is 9.90 Å². The van der Waals surface area contributed by atoms with Crippen LogP contribution in [-0.2, 0) is 4.74 Å². The van der Waals surface area contributed by atoms with Gasteiger partial charge in [0, 0.05) is 5.54 Å². The smallest absolute Gasteiger partial charge is 0.408 e. The highest BCUT2D eigenvalue weighted by molar-refractivity contribution is 5.68. The highest BCUT2D eigenvalue weighted by Gasteiger charge is 2.38. The van der Waals surface area contributed by atoms with E-state index in [-0.39, 0.29) is 11.6 Å². The van der Waals surface area contributed by atoms with Gasteiger partial charge in [0.2, 0.25) is 0 Å². The van der Waals surface area contributed by atoms with E-state index in [0.29, 0.717) is 6.42 Å². The second-order valence-electron chi connectivity index (χ2n) is 5.93. The average molecular weight is 230 g/mol. The third kappa shape index (κ3) is 3.98. The fraction of sp³-hybridized carbons (Fsp3) is 0.909. The van der Waals surface area contributed by atoms with Crippen molar-refractivity contribution in [3.8, 4) is 0 Å². The van der Waals surface area contributed by atoms with Crippen molar-refractivity contribution in [2.24, 2.45) is 0 Å². The monoisotopic (exact) mass is 230 g/mol. The average Bonchev–Trinajstić information content (AvgIpc) is 2.19. The number of ether oxygens (including phenoxy) is 1. The molecule has 1 aliphatic rings. The minimum atomic E-state index is -0.720. The minimum Gasteiger partial charge on any atom is -0.444 e. The zero-order valence-corrected chi connectivity index (χ0v) is 10.6. The number of carbonyl (C=O) groups excluding carboxylic acids is 1. The van der Waals surface area contributed by atoms with Crippen molar-refractivity contribution < 1.29 is 14.6 Å². The number of nitrogens with one attached hydrogen (secondary N) is 2. The molecule has 0 spiro atoms. The normalized spacial score (nSPS) is 28.9. The Kier molecular flexibility index (Phi) is 3.50. The quantitative estimate of drug-likeness (QED) is 0.628. The van der Waals surface area contributed by atoms with Crippen LogP contribution >= 0.6 is 0 Å². The number of hydrogen-bond donors (Lipinski definition) is 3. The molecule has 0 bridgehead atoms. The lowest BCUT2D eigenvalue weighted by Gasteiger charge is -2.22. The molecule has 0 aliphatic carbocycles. The molecule has 1 amide bonds. The molecular formula is C11H22N2O3. The summed E-state index contributed by atoms with van der Waals surface area (Å²) in [6.45, 7) is 9.37. The van der Waals surface area contributed by atoms with Crippen molar-refractivity contribution in [2.75, 3.05) is 0 Å². The molecule has 0 radical (unpaired) electrons. The van der Waals surface area contributed by atoms with E-state index >= 15 is 0 Å². The molecular weight excluding hydrogens is 208 g/mol. The molecule has 2 unspecified atom stereocenters. The van der Waals surface area contributed by atoms with E-state index in [4.69, 9.17) is 4.74 Å². The molecule has 1 fully saturated rings. The van der Waals surface area contributed by atoms with Gasteiger partial charge < -0.3 is 15.2 Å². The van der Waals surface area contributed by atoms with E-state index in [1.807, 2.05) is 13.8 Å². The minimum absolute atomic E-state index is 0.168. The molecule has 16 heavy (non-hydrogen) atoms. The van der Waals surface area contributed by atoms with E-state index in [0.717, 1.165) is 0 Å². The standard InChI is InChI=1S/C11H22N2O3/c1-10(2,3)16-9(15)12-7-6-11(4,5)13-8(7)14/h7-8,13-14H,6H2,1-5H3,(H,12,15). The molecule has 0 aromatic carbocycles. The molecule has 0 saturated carbocycles. The zero-order chi connectivity index (χ0) is 12.6. The van der Waals surface area contributed by atoms with Crippen molar-refractivity contribution in [3.05, 3.63) is 0 Å². The number of aliphatic hydroxyl groups is 1. The van der Waals surface area contributed by atoms with Crippen LogP contribution in [-0.4, -0.2) is 34.6 Å². The van der Waals surface area contributed by atoms with E-state index in [2.05, 4.69) is 10.6 Å². The number of rotatable bonds is 1. The zero-order valence-electron chi connectivity index (χ0n) is 10.6. The summed E-state index contributed by atoms with van der Waals surface area (Å²) in [5.74, 6) is 0. The molecule has 3 N–H and O–H groups in total. The molecule has 5 nitrogen and oxygen atoms in total. The Morgan fingerprint density at radius 3 is 2.44 bits per heavy atom.